The molecule has 1 atom stereocenters. The fraction of sp³-hybridized carbons (Fsp3) is 0.375. The number of aromatic nitrogens is 2. The Balaban J connectivity index is 1.83. The first-order valence-electron chi connectivity index (χ1n) is 7.21. The van der Waals surface area contributed by atoms with E-state index in [1.165, 1.54) is 0 Å². The van der Waals surface area contributed by atoms with E-state index in [0.717, 1.165) is 17.8 Å². The maximum atomic E-state index is 12.5. The summed E-state index contributed by atoms with van der Waals surface area (Å²) in [6, 6.07) is 11.6. The van der Waals surface area contributed by atoms with Gasteiger partial charge in [-0.25, -0.2) is 4.68 Å². The minimum atomic E-state index is -0.0521. The van der Waals surface area contributed by atoms with Gasteiger partial charge in [-0.2, -0.15) is 5.10 Å². The van der Waals surface area contributed by atoms with Crippen molar-refractivity contribution in [2.45, 2.75) is 13.3 Å². The van der Waals surface area contributed by atoms with Crippen LogP contribution < -0.4 is 0 Å². The maximum Gasteiger partial charge on any atom is 0.274 e. The molecule has 1 aliphatic heterocycles. The van der Waals surface area contributed by atoms with E-state index in [9.17, 15) is 9.90 Å². The van der Waals surface area contributed by atoms with Gasteiger partial charge >= 0.3 is 0 Å². The summed E-state index contributed by atoms with van der Waals surface area (Å²) >= 11 is 0. The molecule has 5 nitrogen and oxygen atoms in total. The third-order valence-electron chi connectivity index (χ3n) is 3.94. The Hall–Kier alpha value is -2.14. The predicted molar refractivity (Wildman–Crippen MR) is 79.4 cm³/mol. The van der Waals surface area contributed by atoms with Gasteiger partial charge in [0.05, 0.1) is 5.69 Å². The molecule has 3 rings (SSSR count). The van der Waals surface area contributed by atoms with Gasteiger partial charge in [-0.05, 0) is 31.5 Å². The third-order valence-corrected chi connectivity index (χ3v) is 3.94. The monoisotopic (exact) mass is 285 g/mol. The number of benzene rings is 1. The van der Waals surface area contributed by atoms with Crippen molar-refractivity contribution in [3.05, 3.63) is 47.8 Å². The second-order valence-corrected chi connectivity index (χ2v) is 5.51. The fourth-order valence-electron chi connectivity index (χ4n) is 2.74. The average molecular weight is 285 g/mol. The molecule has 110 valence electrons. The lowest BCUT2D eigenvalue weighted by molar-refractivity contribution is 0.0775. The molecule has 1 fully saturated rings. The molecule has 0 saturated carbocycles. The number of aliphatic hydroxyl groups excluding tert-OH is 1. The van der Waals surface area contributed by atoms with E-state index >= 15 is 0 Å². The van der Waals surface area contributed by atoms with Gasteiger partial charge in [0, 0.05) is 31.3 Å². The molecule has 2 heterocycles. The van der Waals surface area contributed by atoms with E-state index in [0.29, 0.717) is 18.8 Å². The summed E-state index contributed by atoms with van der Waals surface area (Å²) in [5, 5.41) is 13.6. The zero-order valence-electron chi connectivity index (χ0n) is 12.1. The van der Waals surface area contributed by atoms with Crippen molar-refractivity contribution in [1.29, 1.82) is 0 Å². The van der Waals surface area contributed by atoms with Gasteiger partial charge in [-0.3, -0.25) is 4.79 Å². The molecule has 1 aromatic heterocycles. The Morgan fingerprint density at radius 3 is 2.81 bits per heavy atom. The van der Waals surface area contributed by atoms with Crippen molar-refractivity contribution >= 4 is 5.91 Å². The lowest BCUT2D eigenvalue weighted by atomic mass is 10.1. The molecule has 0 aliphatic carbocycles. The number of nitrogens with zero attached hydrogens (tertiary/aromatic N) is 3. The van der Waals surface area contributed by atoms with Crippen LogP contribution in [-0.4, -0.2) is 45.4 Å². The van der Waals surface area contributed by atoms with Gasteiger partial charge < -0.3 is 10.0 Å². The summed E-state index contributed by atoms with van der Waals surface area (Å²) in [6.45, 7) is 3.40. The second kappa shape index (κ2) is 5.69. The zero-order chi connectivity index (χ0) is 14.8. The lowest BCUT2D eigenvalue weighted by Gasteiger charge is -2.14. The number of aryl methyl sites for hydroxylation is 1. The first-order chi connectivity index (χ1) is 10.2. The first kappa shape index (κ1) is 13.8. The number of aliphatic hydroxyl groups is 1. The molecule has 1 saturated heterocycles. The molecule has 5 heteroatoms. The number of amides is 1. The number of hydrogen-bond donors (Lipinski definition) is 1. The van der Waals surface area contributed by atoms with Crippen molar-refractivity contribution in [2.24, 2.45) is 5.92 Å². The van der Waals surface area contributed by atoms with E-state index in [2.05, 4.69) is 5.10 Å². The Morgan fingerprint density at radius 2 is 2.14 bits per heavy atom. The van der Waals surface area contributed by atoms with Crippen LogP contribution in [0, 0.1) is 12.8 Å². The average Bonchev–Trinajstić information content (AvgIpc) is 3.14. The highest BCUT2D eigenvalue weighted by molar-refractivity contribution is 5.92. The number of hydrogen-bond acceptors (Lipinski definition) is 3. The van der Waals surface area contributed by atoms with Crippen molar-refractivity contribution in [1.82, 2.24) is 14.7 Å². The SMILES string of the molecule is Cc1cc(C(=O)N2CCC(CO)C2)nn1-c1ccccc1. The Morgan fingerprint density at radius 1 is 1.38 bits per heavy atom. The minimum absolute atomic E-state index is 0.0521. The summed E-state index contributed by atoms with van der Waals surface area (Å²) in [5.74, 6) is 0.148. The summed E-state index contributed by atoms with van der Waals surface area (Å²) in [4.78, 5) is 14.2. The van der Waals surface area contributed by atoms with E-state index in [-0.39, 0.29) is 18.4 Å². The van der Waals surface area contributed by atoms with Crippen LogP contribution in [0.2, 0.25) is 0 Å². The van der Waals surface area contributed by atoms with Crippen LogP contribution >= 0.6 is 0 Å². The van der Waals surface area contributed by atoms with Crippen molar-refractivity contribution < 1.29 is 9.90 Å². The van der Waals surface area contributed by atoms with Gasteiger partial charge in [0.15, 0.2) is 5.69 Å². The van der Waals surface area contributed by atoms with Gasteiger partial charge in [0.2, 0.25) is 0 Å². The molecular weight excluding hydrogens is 266 g/mol. The topological polar surface area (TPSA) is 58.4 Å². The zero-order valence-corrected chi connectivity index (χ0v) is 12.1. The summed E-state index contributed by atoms with van der Waals surface area (Å²) < 4.78 is 1.78. The van der Waals surface area contributed by atoms with Crippen LogP contribution in [-0.2, 0) is 0 Å². The third kappa shape index (κ3) is 2.69. The Kier molecular flexibility index (Phi) is 3.75. The van der Waals surface area contributed by atoms with E-state index in [1.807, 2.05) is 43.3 Å². The maximum absolute atomic E-state index is 12.5. The van der Waals surface area contributed by atoms with Crippen LogP contribution in [0.4, 0.5) is 0 Å². The smallest absolute Gasteiger partial charge is 0.274 e. The normalized spacial score (nSPS) is 18.2. The van der Waals surface area contributed by atoms with Gasteiger partial charge in [0.25, 0.3) is 5.91 Å². The minimum Gasteiger partial charge on any atom is -0.396 e. The summed E-state index contributed by atoms with van der Waals surface area (Å²) in [6.07, 6.45) is 0.862. The van der Waals surface area contributed by atoms with Crippen molar-refractivity contribution in [3.8, 4) is 5.69 Å². The number of rotatable bonds is 3. The molecule has 1 unspecified atom stereocenters. The molecule has 1 aliphatic rings. The van der Waals surface area contributed by atoms with Gasteiger partial charge in [0.1, 0.15) is 0 Å². The van der Waals surface area contributed by atoms with Crippen molar-refractivity contribution in [3.63, 3.8) is 0 Å². The molecule has 1 aromatic carbocycles. The Bertz CT molecular complexity index is 636. The molecule has 21 heavy (non-hydrogen) atoms. The van der Waals surface area contributed by atoms with Crippen LogP contribution in [0.25, 0.3) is 5.69 Å². The molecule has 0 radical (unpaired) electrons. The van der Waals surface area contributed by atoms with E-state index in [1.54, 1.807) is 9.58 Å². The van der Waals surface area contributed by atoms with Crippen molar-refractivity contribution in [2.75, 3.05) is 19.7 Å². The fourth-order valence-corrected chi connectivity index (χ4v) is 2.74. The number of para-hydroxylation sites is 1. The highest BCUT2D eigenvalue weighted by Gasteiger charge is 2.28. The quantitative estimate of drug-likeness (QED) is 0.932. The molecular formula is C16H19N3O2. The molecule has 1 N–H and O–H groups in total. The predicted octanol–water partition coefficient (Wildman–Crippen LogP) is 1.64. The first-order valence-corrected chi connectivity index (χ1v) is 7.21. The van der Waals surface area contributed by atoms with E-state index in [4.69, 9.17) is 0 Å². The molecule has 1 amide bonds. The Labute approximate surface area is 123 Å². The molecule has 0 bridgehead atoms. The standard InChI is InChI=1S/C16H19N3O2/c1-12-9-15(16(21)18-8-7-13(10-18)11-20)17-19(12)14-5-3-2-4-6-14/h2-6,9,13,20H,7-8,10-11H2,1H3. The largest absolute Gasteiger partial charge is 0.396 e. The lowest BCUT2D eigenvalue weighted by Crippen LogP contribution is -2.29. The molecule has 2 aromatic rings. The second-order valence-electron chi connectivity index (χ2n) is 5.51. The summed E-state index contributed by atoms with van der Waals surface area (Å²) in [7, 11) is 0. The van der Waals surface area contributed by atoms with Crippen LogP contribution in [0.3, 0.4) is 0 Å². The van der Waals surface area contributed by atoms with Gasteiger partial charge in [-0.1, -0.05) is 18.2 Å². The summed E-state index contributed by atoms with van der Waals surface area (Å²) in [5.41, 5.74) is 2.35. The number of likely N-dealkylation sites (tertiary alicyclic amines) is 1. The highest BCUT2D eigenvalue weighted by Crippen LogP contribution is 2.19. The van der Waals surface area contributed by atoms with Crippen LogP contribution in [0.15, 0.2) is 36.4 Å². The molecule has 0 spiro atoms. The number of carbonyl (C=O) groups is 1. The highest BCUT2D eigenvalue weighted by atomic mass is 16.3. The van der Waals surface area contributed by atoms with Crippen LogP contribution in [0.1, 0.15) is 22.6 Å². The number of carbonyl (C=O) groups excluding carboxylic acids is 1. The van der Waals surface area contributed by atoms with Crippen LogP contribution in [0.5, 0.6) is 0 Å². The van der Waals surface area contributed by atoms with Gasteiger partial charge in [-0.15, -0.1) is 0 Å². The van der Waals surface area contributed by atoms with E-state index < -0.39 is 0 Å².